The highest BCUT2D eigenvalue weighted by Gasteiger charge is 2.29. The third kappa shape index (κ3) is 6.45. The number of furan rings is 1. The fourth-order valence-electron chi connectivity index (χ4n) is 4.80. The number of carbonyl (C=O) groups is 1. The van der Waals surface area contributed by atoms with Crippen molar-refractivity contribution in [2.45, 2.75) is 19.9 Å². The molecule has 0 atom stereocenters. The van der Waals surface area contributed by atoms with Crippen molar-refractivity contribution in [3.63, 3.8) is 0 Å². The SMILES string of the molecule is CNC(=O)c1c(-c2ccc(F)cc2)oc2cc(N(CCN(C(C)C)S(C)(=O)=O)S(C)(=O)=O)c(-c3ccccc3)cc12. The van der Waals surface area contributed by atoms with Crippen LogP contribution < -0.4 is 9.62 Å². The molecule has 1 aromatic heterocycles. The fraction of sp³-hybridized carbons (Fsp3) is 0.276. The summed E-state index contributed by atoms with van der Waals surface area (Å²) in [6.45, 7) is 3.18. The molecule has 4 rings (SSSR count). The Balaban J connectivity index is 2.00. The van der Waals surface area contributed by atoms with Gasteiger partial charge in [-0.05, 0) is 49.7 Å². The fourth-order valence-corrected chi connectivity index (χ4v) is 6.90. The van der Waals surface area contributed by atoms with E-state index in [-0.39, 0.29) is 41.7 Å². The number of sulfonamides is 2. The molecule has 0 unspecified atom stereocenters. The van der Waals surface area contributed by atoms with Crippen molar-refractivity contribution in [1.29, 1.82) is 0 Å². The number of halogens is 1. The number of nitrogens with one attached hydrogen (secondary N) is 1. The average molecular weight is 602 g/mol. The van der Waals surface area contributed by atoms with Crippen LogP contribution in [0.2, 0.25) is 0 Å². The van der Waals surface area contributed by atoms with Crippen LogP contribution in [0.25, 0.3) is 33.4 Å². The van der Waals surface area contributed by atoms with Gasteiger partial charge in [0.15, 0.2) is 0 Å². The van der Waals surface area contributed by atoms with Crippen LogP contribution >= 0.6 is 0 Å². The number of hydrogen-bond acceptors (Lipinski definition) is 6. The first-order chi connectivity index (χ1) is 19.2. The molecule has 1 amide bonds. The zero-order valence-electron chi connectivity index (χ0n) is 23.4. The maximum atomic E-state index is 13.7. The third-order valence-electron chi connectivity index (χ3n) is 6.65. The number of hydrogen-bond donors (Lipinski definition) is 1. The number of fused-ring (bicyclic) bond motifs is 1. The highest BCUT2D eigenvalue weighted by Crippen LogP contribution is 2.41. The van der Waals surface area contributed by atoms with Gasteiger partial charge in [0.2, 0.25) is 20.0 Å². The summed E-state index contributed by atoms with van der Waals surface area (Å²) in [6, 6.07) is 17.4. The first kappa shape index (κ1) is 30.2. The standard InChI is InChI=1S/C29H32FN3O6S2/c1-19(2)32(40(4,35)36)15-16-33(41(5,37)38)25-18-26-24(17-23(25)20-9-7-6-8-10-20)27(29(34)31-3)28(39-26)21-11-13-22(30)14-12-21/h6-14,17-19H,15-16H2,1-5H3,(H,31,34). The minimum Gasteiger partial charge on any atom is -0.455 e. The van der Waals surface area contributed by atoms with Crippen molar-refractivity contribution < 1.29 is 30.4 Å². The average Bonchev–Trinajstić information content (AvgIpc) is 3.27. The van der Waals surface area contributed by atoms with Crippen molar-refractivity contribution in [3.05, 3.63) is 78.1 Å². The van der Waals surface area contributed by atoms with Gasteiger partial charge in [0.05, 0.1) is 23.8 Å². The summed E-state index contributed by atoms with van der Waals surface area (Å²) in [5.74, 6) is -0.687. The van der Waals surface area contributed by atoms with Crippen LogP contribution in [0.3, 0.4) is 0 Å². The third-order valence-corrected chi connectivity index (χ3v) is 9.28. The molecule has 0 saturated heterocycles. The summed E-state index contributed by atoms with van der Waals surface area (Å²) in [4.78, 5) is 13.1. The Morgan fingerprint density at radius 1 is 0.902 bits per heavy atom. The topological polar surface area (TPSA) is 117 Å². The van der Waals surface area contributed by atoms with E-state index >= 15 is 0 Å². The molecule has 0 aliphatic rings. The molecule has 0 aliphatic heterocycles. The molecule has 0 radical (unpaired) electrons. The molecular weight excluding hydrogens is 569 g/mol. The number of amides is 1. The smallest absolute Gasteiger partial charge is 0.255 e. The van der Waals surface area contributed by atoms with E-state index in [2.05, 4.69) is 5.32 Å². The van der Waals surface area contributed by atoms with E-state index in [0.29, 0.717) is 22.1 Å². The second-order valence-corrected chi connectivity index (χ2v) is 13.8. The molecule has 0 saturated carbocycles. The lowest BCUT2D eigenvalue weighted by Crippen LogP contribution is -2.43. The predicted molar refractivity (Wildman–Crippen MR) is 159 cm³/mol. The maximum Gasteiger partial charge on any atom is 0.255 e. The van der Waals surface area contributed by atoms with Gasteiger partial charge in [-0.25, -0.2) is 21.2 Å². The molecule has 1 heterocycles. The molecule has 0 fully saturated rings. The molecule has 41 heavy (non-hydrogen) atoms. The summed E-state index contributed by atoms with van der Waals surface area (Å²) in [7, 11) is -6.04. The Hall–Kier alpha value is -3.74. The van der Waals surface area contributed by atoms with E-state index in [1.165, 1.54) is 35.6 Å². The van der Waals surface area contributed by atoms with Gasteiger partial charge in [-0.2, -0.15) is 4.31 Å². The molecule has 218 valence electrons. The van der Waals surface area contributed by atoms with Gasteiger partial charge < -0.3 is 9.73 Å². The highest BCUT2D eigenvalue weighted by atomic mass is 32.2. The van der Waals surface area contributed by atoms with Crippen molar-refractivity contribution in [1.82, 2.24) is 9.62 Å². The lowest BCUT2D eigenvalue weighted by Gasteiger charge is -2.29. The lowest BCUT2D eigenvalue weighted by atomic mass is 9.98. The quantitative estimate of drug-likeness (QED) is 0.282. The van der Waals surface area contributed by atoms with Crippen LogP contribution in [-0.2, 0) is 20.0 Å². The Morgan fingerprint density at radius 2 is 1.54 bits per heavy atom. The summed E-state index contributed by atoms with van der Waals surface area (Å²) >= 11 is 0. The van der Waals surface area contributed by atoms with Crippen LogP contribution in [-0.4, -0.2) is 65.7 Å². The molecule has 4 aromatic rings. The second-order valence-electron chi connectivity index (χ2n) is 9.93. The number of carbonyl (C=O) groups excluding carboxylic acids is 1. The minimum atomic E-state index is -3.92. The van der Waals surface area contributed by atoms with Gasteiger partial charge in [0.25, 0.3) is 5.91 Å². The Bertz CT molecular complexity index is 1790. The molecule has 1 N–H and O–H groups in total. The van der Waals surface area contributed by atoms with Crippen LogP contribution in [0.15, 0.2) is 71.1 Å². The van der Waals surface area contributed by atoms with E-state index in [9.17, 15) is 26.0 Å². The first-order valence-corrected chi connectivity index (χ1v) is 16.5. The Kier molecular flexibility index (Phi) is 8.57. The molecule has 9 nitrogen and oxygen atoms in total. The lowest BCUT2D eigenvalue weighted by molar-refractivity contribution is 0.0964. The molecule has 0 aliphatic carbocycles. The molecule has 12 heteroatoms. The molecule has 3 aromatic carbocycles. The van der Waals surface area contributed by atoms with Gasteiger partial charge >= 0.3 is 0 Å². The van der Waals surface area contributed by atoms with Gasteiger partial charge in [-0.15, -0.1) is 0 Å². The Morgan fingerprint density at radius 3 is 2.07 bits per heavy atom. The van der Waals surface area contributed by atoms with Crippen LogP contribution in [0.1, 0.15) is 24.2 Å². The number of rotatable bonds is 10. The summed E-state index contributed by atoms with van der Waals surface area (Å²) in [6.07, 6.45) is 2.13. The van der Waals surface area contributed by atoms with Crippen LogP contribution in [0.5, 0.6) is 0 Å². The summed E-state index contributed by atoms with van der Waals surface area (Å²) < 4.78 is 73.4. The zero-order valence-corrected chi connectivity index (χ0v) is 25.0. The van der Waals surface area contributed by atoms with Crippen molar-refractivity contribution in [2.24, 2.45) is 0 Å². The van der Waals surface area contributed by atoms with Crippen LogP contribution in [0, 0.1) is 5.82 Å². The number of anilines is 1. The number of benzene rings is 3. The van der Waals surface area contributed by atoms with Crippen LogP contribution in [0.4, 0.5) is 10.1 Å². The molecule has 0 bridgehead atoms. The summed E-state index contributed by atoms with van der Waals surface area (Å²) in [5, 5.41) is 3.05. The van der Waals surface area contributed by atoms with Crippen molar-refractivity contribution >= 4 is 42.6 Å². The van der Waals surface area contributed by atoms with Crippen molar-refractivity contribution in [2.75, 3.05) is 37.0 Å². The van der Waals surface area contributed by atoms with Crippen molar-refractivity contribution in [3.8, 4) is 22.5 Å². The van der Waals surface area contributed by atoms with Gasteiger partial charge in [0.1, 0.15) is 17.2 Å². The monoisotopic (exact) mass is 601 g/mol. The van der Waals surface area contributed by atoms with E-state index < -0.39 is 31.8 Å². The highest BCUT2D eigenvalue weighted by molar-refractivity contribution is 7.92. The van der Waals surface area contributed by atoms with Gasteiger partial charge in [0, 0.05) is 48.8 Å². The summed E-state index contributed by atoms with van der Waals surface area (Å²) in [5.41, 5.74) is 2.34. The van der Waals surface area contributed by atoms with Gasteiger partial charge in [-0.3, -0.25) is 9.10 Å². The normalized spacial score (nSPS) is 12.3. The first-order valence-electron chi connectivity index (χ1n) is 12.8. The van der Waals surface area contributed by atoms with E-state index in [4.69, 9.17) is 4.42 Å². The minimum absolute atomic E-state index is 0.0850. The second kappa shape index (κ2) is 11.6. The predicted octanol–water partition coefficient (Wildman–Crippen LogP) is 4.70. The van der Waals surface area contributed by atoms with E-state index in [1.54, 1.807) is 38.1 Å². The molecule has 0 spiro atoms. The molecular formula is C29H32FN3O6S2. The van der Waals surface area contributed by atoms with Gasteiger partial charge in [-0.1, -0.05) is 30.3 Å². The largest absolute Gasteiger partial charge is 0.455 e. The zero-order chi connectivity index (χ0) is 30.1. The maximum absolute atomic E-state index is 13.7. The number of nitrogens with zero attached hydrogens (tertiary/aromatic N) is 2. The Labute approximate surface area is 239 Å². The van der Waals surface area contributed by atoms with E-state index in [1.807, 2.05) is 18.2 Å². The van der Waals surface area contributed by atoms with E-state index in [0.717, 1.165) is 16.8 Å².